The summed E-state index contributed by atoms with van der Waals surface area (Å²) < 4.78 is 34.5. The summed E-state index contributed by atoms with van der Waals surface area (Å²) >= 11 is 0. The van der Waals surface area contributed by atoms with Crippen LogP contribution in [0.5, 0.6) is 11.5 Å². The van der Waals surface area contributed by atoms with Gasteiger partial charge in [-0.05, 0) is 54.1 Å². The number of hydrogen-bond acceptors (Lipinski definition) is 4. The van der Waals surface area contributed by atoms with Crippen molar-refractivity contribution in [3.05, 3.63) is 102 Å². The zero-order valence-electron chi connectivity index (χ0n) is 15.6. The molecule has 6 nitrogen and oxygen atoms in total. The van der Waals surface area contributed by atoms with E-state index in [0.29, 0.717) is 17.0 Å². The molecule has 2 aromatic heterocycles. The number of amides is 1. The Hall–Kier alpha value is -4.07. The van der Waals surface area contributed by atoms with Gasteiger partial charge in [-0.3, -0.25) is 14.3 Å². The van der Waals surface area contributed by atoms with Crippen molar-refractivity contribution < 1.29 is 18.3 Å². The minimum Gasteiger partial charge on any atom is -0.453 e. The van der Waals surface area contributed by atoms with Crippen molar-refractivity contribution in [3.8, 4) is 17.2 Å². The lowest BCUT2D eigenvalue weighted by Gasteiger charge is -2.10. The second-order valence-electron chi connectivity index (χ2n) is 6.36. The van der Waals surface area contributed by atoms with Gasteiger partial charge in [-0.25, -0.2) is 13.8 Å². The van der Waals surface area contributed by atoms with Crippen LogP contribution in [0.2, 0.25) is 0 Å². The van der Waals surface area contributed by atoms with Gasteiger partial charge in [0, 0.05) is 18.4 Å². The monoisotopic (exact) mass is 406 g/mol. The molecule has 0 aliphatic heterocycles. The highest BCUT2D eigenvalue weighted by molar-refractivity contribution is 5.92. The molecule has 0 atom stereocenters. The number of hydrogen-bond donors (Lipinski definition) is 1. The van der Waals surface area contributed by atoms with Crippen LogP contribution in [0.4, 0.5) is 8.78 Å². The molecule has 0 aliphatic carbocycles. The molecule has 0 unspecified atom stereocenters. The SMILES string of the molecule is O=C(NCc1ccc(Oc2cccnc2)c(F)c1)c1cncn1-c1ccc(F)cc1. The first-order valence-corrected chi connectivity index (χ1v) is 9.03. The molecule has 0 fully saturated rings. The van der Waals surface area contributed by atoms with E-state index in [4.69, 9.17) is 4.74 Å². The first-order valence-electron chi connectivity index (χ1n) is 9.03. The molecule has 0 bridgehead atoms. The first kappa shape index (κ1) is 19.3. The van der Waals surface area contributed by atoms with Gasteiger partial charge in [0.2, 0.25) is 0 Å². The zero-order valence-corrected chi connectivity index (χ0v) is 15.6. The molecule has 30 heavy (non-hydrogen) atoms. The summed E-state index contributed by atoms with van der Waals surface area (Å²) in [5.74, 6) is -0.836. The summed E-state index contributed by atoms with van der Waals surface area (Å²) in [7, 11) is 0. The molecule has 0 spiro atoms. The van der Waals surface area contributed by atoms with Crippen LogP contribution < -0.4 is 10.1 Å². The van der Waals surface area contributed by atoms with E-state index in [9.17, 15) is 13.6 Å². The number of ether oxygens (including phenoxy) is 1. The summed E-state index contributed by atoms with van der Waals surface area (Å²) in [5.41, 5.74) is 1.44. The fourth-order valence-electron chi connectivity index (χ4n) is 2.81. The Morgan fingerprint density at radius 2 is 1.87 bits per heavy atom. The number of benzene rings is 2. The van der Waals surface area contributed by atoms with E-state index in [1.807, 2.05) is 0 Å². The Bertz CT molecular complexity index is 1160. The standard InChI is InChI=1S/C22H16F2N4O2/c23-16-4-6-17(7-5-16)28-14-26-13-20(28)22(29)27-11-15-3-8-21(19(24)10-15)30-18-2-1-9-25-12-18/h1-10,12-14H,11H2,(H,27,29). The molecule has 0 saturated heterocycles. The second kappa shape index (κ2) is 8.52. The minimum atomic E-state index is -0.554. The number of carbonyl (C=O) groups is 1. The molecule has 1 N–H and O–H groups in total. The molecule has 8 heteroatoms. The molecule has 0 aliphatic rings. The largest absolute Gasteiger partial charge is 0.453 e. The predicted molar refractivity (Wildman–Crippen MR) is 105 cm³/mol. The Balaban J connectivity index is 1.43. The summed E-state index contributed by atoms with van der Waals surface area (Å²) in [6.45, 7) is 0.109. The summed E-state index contributed by atoms with van der Waals surface area (Å²) in [6, 6.07) is 13.5. The van der Waals surface area contributed by atoms with Crippen LogP contribution in [-0.2, 0) is 6.54 Å². The number of pyridine rings is 1. The molecule has 4 rings (SSSR count). The highest BCUT2D eigenvalue weighted by atomic mass is 19.1. The van der Waals surface area contributed by atoms with Gasteiger partial charge in [-0.2, -0.15) is 0 Å². The van der Waals surface area contributed by atoms with E-state index in [2.05, 4.69) is 15.3 Å². The summed E-state index contributed by atoms with van der Waals surface area (Å²) in [5, 5.41) is 2.73. The second-order valence-corrected chi connectivity index (χ2v) is 6.36. The van der Waals surface area contributed by atoms with Crippen LogP contribution in [0, 0.1) is 11.6 Å². The molecule has 0 radical (unpaired) electrons. The van der Waals surface area contributed by atoms with E-state index in [-0.39, 0.29) is 23.8 Å². The lowest BCUT2D eigenvalue weighted by atomic mass is 10.2. The Kier molecular flexibility index (Phi) is 5.47. The Morgan fingerprint density at radius 3 is 2.60 bits per heavy atom. The number of rotatable bonds is 6. The van der Waals surface area contributed by atoms with Crippen molar-refractivity contribution in [1.29, 1.82) is 0 Å². The molecule has 2 aromatic carbocycles. The van der Waals surface area contributed by atoms with Crippen LogP contribution in [0.15, 0.2) is 79.5 Å². The van der Waals surface area contributed by atoms with Gasteiger partial charge in [-0.1, -0.05) is 6.07 Å². The van der Waals surface area contributed by atoms with Crippen molar-refractivity contribution >= 4 is 5.91 Å². The van der Waals surface area contributed by atoms with Gasteiger partial charge < -0.3 is 10.1 Å². The lowest BCUT2D eigenvalue weighted by molar-refractivity contribution is 0.0944. The van der Waals surface area contributed by atoms with Crippen LogP contribution in [0.25, 0.3) is 5.69 Å². The highest BCUT2D eigenvalue weighted by Crippen LogP contribution is 2.24. The van der Waals surface area contributed by atoms with E-state index in [0.717, 1.165) is 0 Å². The van der Waals surface area contributed by atoms with Crippen LogP contribution in [-0.4, -0.2) is 20.4 Å². The van der Waals surface area contributed by atoms with Crippen molar-refractivity contribution in [3.63, 3.8) is 0 Å². The van der Waals surface area contributed by atoms with E-state index in [1.54, 1.807) is 41.1 Å². The molecule has 1 amide bonds. The number of nitrogens with zero attached hydrogens (tertiary/aromatic N) is 3. The molecule has 2 heterocycles. The van der Waals surface area contributed by atoms with Crippen molar-refractivity contribution in [1.82, 2.24) is 19.9 Å². The fourth-order valence-corrected chi connectivity index (χ4v) is 2.81. The summed E-state index contributed by atoms with van der Waals surface area (Å²) in [6.07, 6.45) is 5.95. The molecule has 0 saturated carbocycles. The summed E-state index contributed by atoms with van der Waals surface area (Å²) in [4.78, 5) is 20.5. The van der Waals surface area contributed by atoms with Gasteiger partial charge >= 0.3 is 0 Å². The maximum atomic E-state index is 14.3. The van der Waals surface area contributed by atoms with Gasteiger partial charge in [0.25, 0.3) is 5.91 Å². The maximum Gasteiger partial charge on any atom is 0.270 e. The zero-order chi connectivity index (χ0) is 20.9. The van der Waals surface area contributed by atoms with Crippen molar-refractivity contribution in [2.75, 3.05) is 0 Å². The highest BCUT2D eigenvalue weighted by Gasteiger charge is 2.14. The van der Waals surface area contributed by atoms with Gasteiger partial charge in [-0.15, -0.1) is 0 Å². The molecular formula is C22H16F2N4O2. The minimum absolute atomic E-state index is 0.0625. The third-order valence-electron chi connectivity index (χ3n) is 4.29. The lowest BCUT2D eigenvalue weighted by Crippen LogP contribution is -2.25. The van der Waals surface area contributed by atoms with E-state index in [1.165, 1.54) is 43.0 Å². The Morgan fingerprint density at radius 1 is 1.03 bits per heavy atom. The smallest absolute Gasteiger partial charge is 0.270 e. The van der Waals surface area contributed by atoms with Gasteiger partial charge in [0.1, 0.15) is 17.3 Å². The first-order chi connectivity index (χ1) is 14.6. The quantitative estimate of drug-likeness (QED) is 0.519. The average molecular weight is 406 g/mol. The van der Waals surface area contributed by atoms with Crippen molar-refractivity contribution in [2.24, 2.45) is 0 Å². The van der Waals surface area contributed by atoms with E-state index >= 15 is 0 Å². The average Bonchev–Trinajstić information content (AvgIpc) is 3.25. The number of aromatic nitrogens is 3. The fraction of sp³-hybridized carbons (Fsp3) is 0.0455. The predicted octanol–water partition coefficient (Wildman–Crippen LogP) is 4.27. The van der Waals surface area contributed by atoms with Crippen LogP contribution in [0.3, 0.4) is 0 Å². The van der Waals surface area contributed by atoms with Gasteiger partial charge in [0.05, 0.1) is 18.7 Å². The van der Waals surface area contributed by atoms with Crippen LogP contribution in [0.1, 0.15) is 16.1 Å². The third kappa shape index (κ3) is 4.33. The maximum absolute atomic E-state index is 14.3. The van der Waals surface area contributed by atoms with Crippen LogP contribution >= 0.6 is 0 Å². The number of imidazole rings is 1. The van der Waals surface area contributed by atoms with Crippen molar-refractivity contribution in [2.45, 2.75) is 6.54 Å². The molecule has 150 valence electrons. The van der Waals surface area contributed by atoms with E-state index < -0.39 is 11.7 Å². The Labute approximate surface area is 170 Å². The molecular weight excluding hydrogens is 390 g/mol. The number of carbonyl (C=O) groups excluding carboxylic acids is 1. The normalized spacial score (nSPS) is 10.6. The topological polar surface area (TPSA) is 69.0 Å². The van der Waals surface area contributed by atoms with Gasteiger partial charge in [0.15, 0.2) is 11.6 Å². The molecule has 4 aromatic rings. The third-order valence-corrected chi connectivity index (χ3v) is 4.29. The number of nitrogens with one attached hydrogen (secondary N) is 1. The number of halogens is 2.